The minimum absolute atomic E-state index is 0.201. The number of benzene rings is 1. The van der Waals surface area contributed by atoms with Gasteiger partial charge in [-0.15, -0.1) is 0 Å². The molecule has 0 spiro atoms. The van der Waals surface area contributed by atoms with Crippen LogP contribution in [0.2, 0.25) is 18.1 Å². The van der Waals surface area contributed by atoms with E-state index in [-0.39, 0.29) is 11.0 Å². The van der Waals surface area contributed by atoms with Crippen molar-refractivity contribution < 1.29 is 4.43 Å². The minimum atomic E-state index is -1.80. The van der Waals surface area contributed by atoms with Crippen LogP contribution in [-0.2, 0) is 11.0 Å². The maximum atomic E-state index is 9.07. The third kappa shape index (κ3) is 5.56. The molecule has 2 aromatic rings. The Morgan fingerprint density at radius 3 is 2.61 bits per heavy atom. The maximum Gasteiger partial charge on any atom is 0.192 e. The topological polar surface area (TPSA) is 50.8 Å². The van der Waals surface area contributed by atoms with Gasteiger partial charge < -0.3 is 8.99 Å². The molecule has 0 aliphatic carbocycles. The van der Waals surface area contributed by atoms with E-state index in [1.807, 2.05) is 30.6 Å². The summed E-state index contributed by atoms with van der Waals surface area (Å²) in [6, 6.07) is 7.92. The molecule has 1 heterocycles. The summed E-state index contributed by atoms with van der Waals surface area (Å²) in [4.78, 5) is 4.69. The lowest BCUT2D eigenvalue weighted by atomic mass is 10.0. The predicted octanol–water partition coefficient (Wildman–Crippen LogP) is 6.47. The Labute approximate surface area is 179 Å². The van der Waals surface area contributed by atoms with Gasteiger partial charge in [-0.2, -0.15) is 5.26 Å². The molecule has 0 bridgehead atoms. The molecule has 0 saturated heterocycles. The van der Waals surface area contributed by atoms with Crippen LogP contribution >= 0.6 is 15.9 Å². The van der Waals surface area contributed by atoms with Gasteiger partial charge in [0.2, 0.25) is 0 Å². The van der Waals surface area contributed by atoms with Gasteiger partial charge in [-0.25, -0.2) is 4.98 Å². The van der Waals surface area contributed by atoms with Gasteiger partial charge in [-0.3, -0.25) is 0 Å². The van der Waals surface area contributed by atoms with Crippen LogP contribution in [0.3, 0.4) is 0 Å². The van der Waals surface area contributed by atoms with E-state index in [1.54, 1.807) is 0 Å². The van der Waals surface area contributed by atoms with Crippen LogP contribution in [0.1, 0.15) is 63.4 Å². The van der Waals surface area contributed by atoms with Gasteiger partial charge >= 0.3 is 0 Å². The molecule has 0 N–H and O–H groups in total. The zero-order chi connectivity index (χ0) is 20.9. The number of nitrogens with zero attached hydrogens (tertiary/aromatic N) is 3. The Bertz CT molecular complexity index is 833. The third-order valence-corrected chi connectivity index (χ3v) is 11.0. The lowest BCUT2D eigenvalue weighted by Gasteiger charge is -2.37. The fourth-order valence-electron chi connectivity index (χ4n) is 2.90. The lowest BCUT2D eigenvalue weighted by molar-refractivity contribution is 0.249. The molecule has 0 aliphatic heterocycles. The molecular formula is C22H32BrN3OSi. The number of hydrogen-bond acceptors (Lipinski definition) is 3. The summed E-state index contributed by atoms with van der Waals surface area (Å²) in [5, 5.41) is 9.27. The average Bonchev–Trinajstić information content (AvgIpc) is 3.07. The van der Waals surface area contributed by atoms with Crippen LogP contribution in [0.15, 0.2) is 35.1 Å². The maximum absolute atomic E-state index is 9.07. The van der Waals surface area contributed by atoms with Crippen molar-refractivity contribution in [3.63, 3.8) is 0 Å². The van der Waals surface area contributed by atoms with Gasteiger partial charge in [0.05, 0.1) is 11.6 Å². The zero-order valence-electron chi connectivity index (χ0n) is 17.9. The van der Waals surface area contributed by atoms with Crippen molar-refractivity contribution in [1.29, 1.82) is 5.26 Å². The Morgan fingerprint density at radius 2 is 2.04 bits per heavy atom. The van der Waals surface area contributed by atoms with Gasteiger partial charge in [0.15, 0.2) is 8.32 Å². The van der Waals surface area contributed by atoms with Gasteiger partial charge in [0, 0.05) is 35.9 Å². The number of aromatic nitrogens is 2. The second-order valence-electron chi connectivity index (χ2n) is 8.89. The van der Waals surface area contributed by atoms with Crippen molar-refractivity contribution in [2.24, 2.45) is 0 Å². The SMILES string of the molecule is CCCC(CO[Si](C)(C)C(C)(C)C)c1nccn1Cc1ccc(C#N)cc1Br. The number of rotatable bonds is 8. The van der Waals surface area contributed by atoms with Gasteiger partial charge in [0.1, 0.15) is 5.82 Å². The summed E-state index contributed by atoms with van der Waals surface area (Å²) < 4.78 is 9.70. The van der Waals surface area contributed by atoms with Crippen molar-refractivity contribution in [1.82, 2.24) is 9.55 Å². The molecule has 0 radical (unpaired) electrons. The second kappa shape index (κ2) is 9.38. The first-order chi connectivity index (χ1) is 13.1. The van der Waals surface area contributed by atoms with Crippen LogP contribution in [0.4, 0.5) is 0 Å². The Hall–Kier alpha value is -1.42. The summed E-state index contributed by atoms with van der Waals surface area (Å²) in [6.45, 7) is 15.1. The van der Waals surface area contributed by atoms with E-state index in [0.29, 0.717) is 5.56 Å². The third-order valence-electron chi connectivity index (χ3n) is 5.72. The summed E-state index contributed by atoms with van der Waals surface area (Å²) in [7, 11) is -1.80. The van der Waals surface area contributed by atoms with Crippen molar-refractivity contribution in [3.05, 3.63) is 52.0 Å². The quantitative estimate of drug-likeness (QED) is 0.423. The monoisotopic (exact) mass is 461 g/mol. The van der Waals surface area contributed by atoms with Crippen LogP contribution in [0, 0.1) is 11.3 Å². The van der Waals surface area contributed by atoms with Crippen molar-refractivity contribution in [2.45, 2.75) is 71.1 Å². The fourth-order valence-corrected chi connectivity index (χ4v) is 4.46. The summed E-state index contributed by atoms with van der Waals surface area (Å²) in [6.07, 6.45) is 6.07. The normalized spacial score (nSPS) is 13.4. The van der Waals surface area contributed by atoms with Gasteiger partial charge in [-0.1, -0.05) is 56.1 Å². The van der Waals surface area contributed by atoms with E-state index in [0.717, 1.165) is 41.9 Å². The van der Waals surface area contributed by atoms with Gasteiger partial charge in [-0.05, 0) is 42.2 Å². The van der Waals surface area contributed by atoms with Crippen LogP contribution in [0.5, 0.6) is 0 Å². The van der Waals surface area contributed by atoms with Crippen LogP contribution < -0.4 is 0 Å². The summed E-state index contributed by atoms with van der Waals surface area (Å²) in [5.74, 6) is 1.36. The van der Waals surface area contributed by atoms with Crippen LogP contribution in [0.25, 0.3) is 0 Å². The van der Waals surface area contributed by atoms with E-state index >= 15 is 0 Å². The van der Waals surface area contributed by atoms with Crippen molar-refractivity contribution >= 4 is 24.2 Å². The zero-order valence-corrected chi connectivity index (χ0v) is 20.5. The molecule has 4 nitrogen and oxygen atoms in total. The average molecular weight is 463 g/mol. The number of halogens is 1. The first-order valence-electron chi connectivity index (χ1n) is 9.92. The Morgan fingerprint density at radius 1 is 1.32 bits per heavy atom. The highest BCUT2D eigenvalue weighted by Crippen LogP contribution is 2.37. The smallest absolute Gasteiger partial charge is 0.192 e. The predicted molar refractivity (Wildman–Crippen MR) is 121 cm³/mol. The largest absolute Gasteiger partial charge is 0.416 e. The highest BCUT2D eigenvalue weighted by atomic mass is 79.9. The highest BCUT2D eigenvalue weighted by Gasteiger charge is 2.37. The first kappa shape index (κ1) is 22.9. The van der Waals surface area contributed by atoms with Crippen molar-refractivity contribution in [2.75, 3.05) is 6.61 Å². The molecule has 6 heteroatoms. The van der Waals surface area contributed by atoms with Crippen LogP contribution in [-0.4, -0.2) is 24.5 Å². The molecule has 1 aromatic carbocycles. The number of nitriles is 1. The molecule has 0 amide bonds. The van der Waals surface area contributed by atoms with E-state index in [1.165, 1.54) is 0 Å². The molecule has 1 unspecified atom stereocenters. The Balaban J connectivity index is 2.21. The molecule has 1 atom stereocenters. The van der Waals surface area contributed by atoms with Crippen molar-refractivity contribution in [3.8, 4) is 6.07 Å². The fraction of sp³-hybridized carbons (Fsp3) is 0.545. The van der Waals surface area contributed by atoms with E-state index in [4.69, 9.17) is 9.69 Å². The Kier molecular flexibility index (Phi) is 7.66. The number of hydrogen-bond donors (Lipinski definition) is 0. The lowest BCUT2D eigenvalue weighted by Crippen LogP contribution is -2.41. The molecule has 28 heavy (non-hydrogen) atoms. The molecular weight excluding hydrogens is 430 g/mol. The van der Waals surface area contributed by atoms with E-state index < -0.39 is 8.32 Å². The van der Waals surface area contributed by atoms with E-state index in [2.05, 4.69) is 72.3 Å². The molecule has 0 fully saturated rings. The molecule has 1 aromatic heterocycles. The molecule has 0 saturated carbocycles. The summed E-state index contributed by atoms with van der Waals surface area (Å²) >= 11 is 3.60. The second-order valence-corrected chi connectivity index (χ2v) is 14.6. The number of imidazole rings is 1. The van der Waals surface area contributed by atoms with Gasteiger partial charge in [0.25, 0.3) is 0 Å². The summed E-state index contributed by atoms with van der Waals surface area (Å²) in [5.41, 5.74) is 1.80. The minimum Gasteiger partial charge on any atom is -0.416 e. The van der Waals surface area contributed by atoms with E-state index in [9.17, 15) is 0 Å². The standard InChI is InChI=1S/C22H32BrN3OSi/c1-7-8-19(16-27-28(5,6)22(2,3)4)21-25-11-12-26(21)15-18-10-9-17(14-24)13-20(18)23/h9-13,19H,7-8,15-16H2,1-6H3. The molecule has 0 aliphatic rings. The first-order valence-corrected chi connectivity index (χ1v) is 13.6. The molecule has 2 rings (SSSR count). The highest BCUT2D eigenvalue weighted by molar-refractivity contribution is 9.10. The molecule has 152 valence electrons.